The van der Waals surface area contributed by atoms with Crippen LogP contribution in [0.1, 0.15) is 12.8 Å². The highest BCUT2D eigenvalue weighted by Gasteiger charge is 2.10. The summed E-state index contributed by atoms with van der Waals surface area (Å²) < 4.78 is 10.7. The molecule has 4 heterocycles. The molecule has 4 rings (SSSR count). The van der Waals surface area contributed by atoms with Crippen LogP contribution in [-0.2, 0) is 9.59 Å². The first-order chi connectivity index (χ1) is 17.7. The molecule has 0 fully saturated rings. The van der Waals surface area contributed by atoms with Gasteiger partial charge in [-0.3, -0.25) is 19.6 Å². The van der Waals surface area contributed by atoms with E-state index in [1.165, 1.54) is 21.6 Å². The highest BCUT2D eigenvalue weighted by Crippen LogP contribution is 2.24. The molecule has 4 aromatic heterocycles. The molecule has 0 aliphatic heterocycles. The van der Waals surface area contributed by atoms with Gasteiger partial charge in [0.15, 0.2) is 0 Å². The van der Waals surface area contributed by atoms with Crippen LogP contribution in [0.2, 0.25) is 0 Å². The van der Waals surface area contributed by atoms with E-state index >= 15 is 0 Å². The third kappa shape index (κ3) is 7.89. The normalized spacial score (nSPS) is 10.6. The lowest BCUT2D eigenvalue weighted by molar-refractivity contribution is -0.135. The van der Waals surface area contributed by atoms with Gasteiger partial charge in [-0.15, -0.1) is 0 Å². The molecule has 0 aromatic carbocycles. The van der Waals surface area contributed by atoms with Crippen molar-refractivity contribution >= 4 is 33.5 Å². The van der Waals surface area contributed by atoms with Crippen LogP contribution in [0.4, 0.5) is 0 Å². The Morgan fingerprint density at radius 1 is 0.583 bits per heavy atom. The van der Waals surface area contributed by atoms with Crippen molar-refractivity contribution < 1.29 is 19.1 Å². The van der Waals surface area contributed by atoms with Crippen LogP contribution in [0, 0.1) is 0 Å². The monoisotopic (exact) mass is 518 g/mol. The average molecular weight is 519 g/mol. The van der Waals surface area contributed by atoms with Gasteiger partial charge >= 0.3 is 11.9 Å². The smallest absolute Gasteiger partial charge is 0.313 e. The van der Waals surface area contributed by atoms with Crippen LogP contribution in [0.15, 0.2) is 85.2 Å². The quantitative estimate of drug-likeness (QED) is 0.148. The topological polar surface area (TPSA) is 104 Å². The lowest BCUT2D eigenvalue weighted by Gasteiger charge is -2.06. The molecule has 0 N–H and O–H groups in total. The second kappa shape index (κ2) is 13.4. The van der Waals surface area contributed by atoms with E-state index in [1.807, 2.05) is 48.5 Å². The van der Waals surface area contributed by atoms with Gasteiger partial charge < -0.3 is 9.47 Å². The fraction of sp³-hybridized carbons (Fsp3) is 0.154. The SMILES string of the molecule is O=C(CCSSCCC(=O)Oc1cccc(-c2ccccn2)n1)Oc1cccc(-c2ccccn2)n1. The lowest BCUT2D eigenvalue weighted by atomic mass is 10.2. The van der Waals surface area contributed by atoms with Crippen LogP contribution in [0.5, 0.6) is 11.8 Å². The van der Waals surface area contributed by atoms with E-state index in [0.717, 1.165) is 0 Å². The number of pyridine rings is 4. The number of hydrogen-bond acceptors (Lipinski definition) is 10. The van der Waals surface area contributed by atoms with Crippen molar-refractivity contribution in [2.75, 3.05) is 11.5 Å². The Labute approximate surface area is 216 Å². The summed E-state index contributed by atoms with van der Waals surface area (Å²) in [6.45, 7) is 0. The first-order valence-corrected chi connectivity index (χ1v) is 13.6. The molecule has 0 bridgehead atoms. The summed E-state index contributed by atoms with van der Waals surface area (Å²) in [4.78, 5) is 41.5. The van der Waals surface area contributed by atoms with Crippen LogP contribution in [-0.4, -0.2) is 43.4 Å². The van der Waals surface area contributed by atoms with Crippen molar-refractivity contribution in [2.24, 2.45) is 0 Å². The highest BCUT2D eigenvalue weighted by atomic mass is 33.1. The summed E-state index contributed by atoms with van der Waals surface area (Å²) in [7, 11) is 2.99. The van der Waals surface area contributed by atoms with Gasteiger partial charge in [0.1, 0.15) is 0 Å². The predicted molar refractivity (Wildman–Crippen MR) is 140 cm³/mol. The minimum atomic E-state index is -0.368. The Hall–Kier alpha value is -3.76. The largest absolute Gasteiger partial charge is 0.407 e. The van der Waals surface area contributed by atoms with E-state index in [0.29, 0.717) is 34.3 Å². The minimum absolute atomic E-state index is 0.224. The first-order valence-electron chi connectivity index (χ1n) is 11.1. The van der Waals surface area contributed by atoms with Gasteiger partial charge in [0.25, 0.3) is 0 Å². The number of nitrogens with zero attached hydrogens (tertiary/aromatic N) is 4. The molecule has 0 saturated carbocycles. The molecule has 182 valence electrons. The number of aromatic nitrogens is 4. The molecular weight excluding hydrogens is 496 g/mol. The van der Waals surface area contributed by atoms with Crippen LogP contribution in [0.25, 0.3) is 22.8 Å². The Kier molecular flexibility index (Phi) is 9.40. The summed E-state index contributed by atoms with van der Waals surface area (Å²) >= 11 is 0. The summed E-state index contributed by atoms with van der Waals surface area (Å²) in [5.41, 5.74) is 2.68. The molecule has 0 unspecified atom stereocenters. The molecule has 36 heavy (non-hydrogen) atoms. The number of carbonyl (C=O) groups is 2. The number of carbonyl (C=O) groups excluding carboxylic acids is 2. The first kappa shape index (κ1) is 25.3. The number of hydrogen-bond donors (Lipinski definition) is 0. The summed E-state index contributed by atoms with van der Waals surface area (Å²) in [6, 6.07) is 21.5. The van der Waals surface area contributed by atoms with Crippen LogP contribution in [0.3, 0.4) is 0 Å². The zero-order chi connectivity index (χ0) is 25.0. The fourth-order valence-corrected chi connectivity index (χ4v) is 4.90. The molecule has 0 amide bonds. The minimum Gasteiger partial charge on any atom is -0.407 e. The predicted octanol–water partition coefficient (Wildman–Crippen LogP) is 5.27. The Bertz CT molecular complexity index is 1190. The van der Waals surface area contributed by atoms with Crippen molar-refractivity contribution in [3.8, 4) is 34.5 Å². The van der Waals surface area contributed by atoms with Crippen molar-refractivity contribution in [3.05, 3.63) is 85.2 Å². The van der Waals surface area contributed by atoms with Gasteiger partial charge in [-0.25, -0.2) is 9.97 Å². The molecule has 4 aromatic rings. The van der Waals surface area contributed by atoms with Crippen molar-refractivity contribution in [1.29, 1.82) is 0 Å². The van der Waals surface area contributed by atoms with Crippen LogP contribution >= 0.6 is 21.6 Å². The molecule has 0 atom stereocenters. The zero-order valence-corrected chi connectivity index (χ0v) is 20.8. The number of esters is 2. The maximum absolute atomic E-state index is 12.1. The molecular formula is C26H22N4O4S2. The molecule has 0 aliphatic rings. The molecule has 0 spiro atoms. The number of rotatable bonds is 11. The third-order valence-corrected chi connectivity index (χ3v) is 7.01. The van der Waals surface area contributed by atoms with E-state index in [9.17, 15) is 9.59 Å². The van der Waals surface area contributed by atoms with Crippen LogP contribution < -0.4 is 9.47 Å². The maximum Gasteiger partial charge on any atom is 0.313 e. The third-order valence-electron chi connectivity index (χ3n) is 4.60. The lowest BCUT2D eigenvalue weighted by Crippen LogP contribution is -2.10. The van der Waals surface area contributed by atoms with Gasteiger partial charge in [-0.2, -0.15) is 0 Å². The van der Waals surface area contributed by atoms with Gasteiger partial charge in [-0.1, -0.05) is 45.9 Å². The van der Waals surface area contributed by atoms with E-state index in [2.05, 4.69) is 19.9 Å². The van der Waals surface area contributed by atoms with Crippen molar-refractivity contribution in [3.63, 3.8) is 0 Å². The molecule has 0 radical (unpaired) electrons. The van der Waals surface area contributed by atoms with Crippen molar-refractivity contribution in [1.82, 2.24) is 19.9 Å². The standard InChI is InChI=1S/C26H22N4O4S2/c31-25(33-23-11-5-9-21(29-23)19-7-1-3-15-27-19)13-17-35-36-18-14-26(32)34-24-12-6-10-22(30-24)20-8-2-4-16-28-20/h1-12,15-16H,13-14,17-18H2. The second-order valence-electron chi connectivity index (χ2n) is 7.24. The molecule has 0 saturated heterocycles. The summed E-state index contributed by atoms with van der Waals surface area (Å²) in [5, 5.41) is 0. The molecule has 0 aliphatic carbocycles. The summed E-state index contributed by atoms with van der Waals surface area (Å²) in [6.07, 6.45) is 3.81. The second-order valence-corrected chi connectivity index (χ2v) is 9.95. The maximum atomic E-state index is 12.1. The van der Waals surface area contributed by atoms with Gasteiger partial charge in [-0.05, 0) is 36.4 Å². The number of ether oxygens (including phenoxy) is 2. The fourth-order valence-electron chi connectivity index (χ4n) is 2.96. The van der Waals surface area contributed by atoms with Gasteiger partial charge in [0.2, 0.25) is 11.8 Å². The van der Waals surface area contributed by atoms with Crippen molar-refractivity contribution in [2.45, 2.75) is 12.8 Å². The zero-order valence-electron chi connectivity index (χ0n) is 19.1. The van der Waals surface area contributed by atoms with E-state index in [-0.39, 0.29) is 36.5 Å². The highest BCUT2D eigenvalue weighted by molar-refractivity contribution is 8.76. The molecule has 8 nitrogen and oxygen atoms in total. The Morgan fingerprint density at radius 2 is 1.03 bits per heavy atom. The van der Waals surface area contributed by atoms with E-state index in [4.69, 9.17) is 9.47 Å². The average Bonchev–Trinajstić information content (AvgIpc) is 2.92. The Morgan fingerprint density at radius 3 is 1.44 bits per heavy atom. The van der Waals surface area contributed by atoms with Gasteiger partial charge in [0.05, 0.1) is 35.6 Å². The van der Waals surface area contributed by atoms with E-state index < -0.39 is 0 Å². The Balaban J connectivity index is 1.13. The van der Waals surface area contributed by atoms with E-state index in [1.54, 1.807) is 36.7 Å². The van der Waals surface area contributed by atoms with Gasteiger partial charge in [0, 0.05) is 36.0 Å². The summed E-state index contributed by atoms with van der Waals surface area (Å²) in [5.74, 6) is 0.839. The molecule has 10 heteroatoms.